The van der Waals surface area contributed by atoms with Crippen LogP contribution in [0.25, 0.3) is 5.82 Å². The highest BCUT2D eigenvalue weighted by Crippen LogP contribution is 2.39. The van der Waals surface area contributed by atoms with Crippen LogP contribution in [0.2, 0.25) is 0 Å². The molecule has 9 heteroatoms. The fraction of sp³-hybridized carbons (Fsp3) is 0.417. The minimum atomic E-state index is -4.49. The van der Waals surface area contributed by atoms with Crippen molar-refractivity contribution < 1.29 is 13.2 Å². The summed E-state index contributed by atoms with van der Waals surface area (Å²) < 4.78 is 39.0. The molecule has 1 fully saturated rings. The van der Waals surface area contributed by atoms with E-state index in [0.717, 1.165) is 23.6 Å². The van der Waals surface area contributed by atoms with E-state index in [4.69, 9.17) is 5.84 Å². The molecule has 3 rings (SSSR count). The Bertz CT molecular complexity index is 674. The molecular formula is C12H13F3N6. The SMILES string of the molecule is Cc1c(NN)nc(C2CC2)nc1-n1ccc(C(F)(F)F)n1. The highest BCUT2D eigenvalue weighted by atomic mass is 19.4. The monoisotopic (exact) mass is 298 g/mol. The Balaban J connectivity index is 2.08. The van der Waals surface area contributed by atoms with Crippen LogP contribution in [0.4, 0.5) is 19.0 Å². The van der Waals surface area contributed by atoms with E-state index in [1.807, 2.05) is 0 Å². The predicted molar refractivity (Wildman–Crippen MR) is 68.7 cm³/mol. The summed E-state index contributed by atoms with van der Waals surface area (Å²) in [6, 6.07) is 0.911. The van der Waals surface area contributed by atoms with Gasteiger partial charge < -0.3 is 5.43 Å². The van der Waals surface area contributed by atoms with Crippen molar-refractivity contribution in [3.8, 4) is 5.82 Å². The summed E-state index contributed by atoms with van der Waals surface area (Å²) in [6.07, 6.45) is -1.31. The maximum absolute atomic E-state index is 12.6. The second-order valence-electron chi connectivity index (χ2n) is 4.94. The number of nitrogen functional groups attached to an aromatic ring is 1. The lowest BCUT2D eigenvalue weighted by molar-refractivity contribution is -0.141. The van der Waals surface area contributed by atoms with Crippen LogP contribution in [0, 0.1) is 6.92 Å². The number of halogens is 3. The van der Waals surface area contributed by atoms with E-state index in [2.05, 4.69) is 20.5 Å². The maximum atomic E-state index is 12.6. The zero-order valence-electron chi connectivity index (χ0n) is 11.1. The Hall–Kier alpha value is -2.16. The summed E-state index contributed by atoms with van der Waals surface area (Å²) in [6.45, 7) is 1.68. The highest BCUT2D eigenvalue weighted by Gasteiger charge is 2.34. The van der Waals surface area contributed by atoms with Gasteiger partial charge in [0.25, 0.3) is 0 Å². The lowest BCUT2D eigenvalue weighted by Gasteiger charge is -2.11. The molecule has 6 nitrogen and oxygen atoms in total. The minimum absolute atomic E-state index is 0.245. The van der Waals surface area contributed by atoms with Gasteiger partial charge in [-0.25, -0.2) is 20.5 Å². The van der Waals surface area contributed by atoms with Crippen molar-refractivity contribution in [1.82, 2.24) is 19.7 Å². The molecule has 0 aromatic carbocycles. The Morgan fingerprint density at radius 2 is 2.05 bits per heavy atom. The summed E-state index contributed by atoms with van der Waals surface area (Å²) in [5.74, 6) is 6.93. The Kier molecular flexibility index (Phi) is 3.08. The molecule has 1 aliphatic carbocycles. The first kappa shape index (κ1) is 13.8. The molecule has 0 bridgehead atoms. The average Bonchev–Trinajstić information content (AvgIpc) is 3.14. The van der Waals surface area contributed by atoms with Gasteiger partial charge >= 0.3 is 6.18 Å². The first-order chi connectivity index (χ1) is 9.90. The van der Waals surface area contributed by atoms with Crippen molar-refractivity contribution in [2.75, 3.05) is 5.43 Å². The summed E-state index contributed by atoms with van der Waals surface area (Å²) >= 11 is 0. The zero-order valence-corrected chi connectivity index (χ0v) is 11.1. The quantitative estimate of drug-likeness (QED) is 0.670. The van der Waals surface area contributed by atoms with E-state index < -0.39 is 11.9 Å². The molecule has 0 amide bonds. The molecule has 2 heterocycles. The van der Waals surface area contributed by atoms with E-state index in [-0.39, 0.29) is 5.92 Å². The van der Waals surface area contributed by atoms with Gasteiger partial charge in [-0.3, -0.25) is 0 Å². The third-order valence-corrected chi connectivity index (χ3v) is 3.31. The molecule has 1 saturated carbocycles. The molecule has 21 heavy (non-hydrogen) atoms. The molecule has 2 aromatic rings. The standard InChI is InChI=1S/C12H13F3N6/c1-6-9(19-16)17-10(7-2-3-7)18-11(6)21-5-4-8(20-21)12(13,14)15/h4-5,7H,2-3,16H2,1H3,(H,17,18,19). The smallest absolute Gasteiger partial charge is 0.308 e. The number of nitrogens with one attached hydrogen (secondary N) is 1. The second kappa shape index (κ2) is 4.69. The first-order valence-corrected chi connectivity index (χ1v) is 6.38. The van der Waals surface area contributed by atoms with Crippen LogP contribution in [0.3, 0.4) is 0 Å². The van der Waals surface area contributed by atoms with Crippen LogP contribution < -0.4 is 11.3 Å². The topological polar surface area (TPSA) is 81.6 Å². The van der Waals surface area contributed by atoms with E-state index in [1.165, 1.54) is 6.20 Å². The van der Waals surface area contributed by atoms with E-state index >= 15 is 0 Å². The number of nitrogens with two attached hydrogens (primary N) is 1. The Morgan fingerprint density at radius 1 is 1.33 bits per heavy atom. The van der Waals surface area contributed by atoms with Crippen molar-refractivity contribution in [3.63, 3.8) is 0 Å². The van der Waals surface area contributed by atoms with Crippen LogP contribution in [-0.4, -0.2) is 19.7 Å². The van der Waals surface area contributed by atoms with Gasteiger partial charge in [-0.05, 0) is 25.8 Å². The van der Waals surface area contributed by atoms with Gasteiger partial charge in [-0.2, -0.15) is 18.3 Å². The van der Waals surface area contributed by atoms with E-state index in [9.17, 15) is 13.2 Å². The first-order valence-electron chi connectivity index (χ1n) is 6.38. The third-order valence-electron chi connectivity index (χ3n) is 3.31. The van der Waals surface area contributed by atoms with Crippen molar-refractivity contribution in [2.45, 2.75) is 31.9 Å². The molecule has 0 unspecified atom stereocenters. The van der Waals surface area contributed by atoms with Crippen molar-refractivity contribution in [2.24, 2.45) is 5.84 Å². The number of anilines is 1. The Morgan fingerprint density at radius 3 is 2.57 bits per heavy atom. The number of nitrogens with zero attached hydrogens (tertiary/aromatic N) is 4. The molecular weight excluding hydrogens is 285 g/mol. The summed E-state index contributed by atoms with van der Waals surface area (Å²) in [4.78, 5) is 8.62. The fourth-order valence-electron chi connectivity index (χ4n) is 2.00. The summed E-state index contributed by atoms with van der Waals surface area (Å²) in [5.41, 5.74) is 2.03. The average molecular weight is 298 g/mol. The zero-order chi connectivity index (χ0) is 15.2. The van der Waals surface area contributed by atoms with E-state index in [1.54, 1.807) is 6.92 Å². The number of alkyl halides is 3. The van der Waals surface area contributed by atoms with Crippen LogP contribution in [0.5, 0.6) is 0 Å². The second-order valence-corrected chi connectivity index (χ2v) is 4.94. The van der Waals surface area contributed by atoms with Gasteiger partial charge in [0.05, 0.1) is 0 Å². The molecule has 0 aliphatic heterocycles. The largest absolute Gasteiger partial charge is 0.435 e. The molecule has 2 aromatic heterocycles. The van der Waals surface area contributed by atoms with Crippen molar-refractivity contribution >= 4 is 5.82 Å². The molecule has 0 spiro atoms. The molecule has 3 N–H and O–H groups in total. The number of hydrogen-bond donors (Lipinski definition) is 2. The van der Waals surface area contributed by atoms with Gasteiger partial charge in [0.2, 0.25) is 0 Å². The summed E-state index contributed by atoms with van der Waals surface area (Å²) in [7, 11) is 0. The van der Waals surface area contributed by atoms with Crippen LogP contribution in [0.1, 0.15) is 35.8 Å². The highest BCUT2D eigenvalue weighted by molar-refractivity contribution is 5.51. The maximum Gasteiger partial charge on any atom is 0.435 e. The Labute approximate surface area is 118 Å². The van der Waals surface area contributed by atoms with Gasteiger partial charge in [0, 0.05) is 17.7 Å². The van der Waals surface area contributed by atoms with Crippen LogP contribution >= 0.6 is 0 Å². The molecule has 1 aliphatic rings. The van der Waals surface area contributed by atoms with Crippen molar-refractivity contribution in [1.29, 1.82) is 0 Å². The number of rotatable bonds is 3. The molecule has 112 valence electrons. The predicted octanol–water partition coefficient (Wildman–Crippen LogP) is 2.15. The van der Waals surface area contributed by atoms with Gasteiger partial charge in [0.15, 0.2) is 11.5 Å². The van der Waals surface area contributed by atoms with E-state index in [0.29, 0.717) is 23.0 Å². The number of hydrazine groups is 1. The minimum Gasteiger partial charge on any atom is -0.308 e. The third kappa shape index (κ3) is 2.56. The molecule has 0 atom stereocenters. The lowest BCUT2D eigenvalue weighted by Crippen LogP contribution is -2.15. The van der Waals surface area contributed by atoms with Gasteiger partial charge in [-0.1, -0.05) is 0 Å². The van der Waals surface area contributed by atoms with Crippen molar-refractivity contribution in [3.05, 3.63) is 29.3 Å². The molecule has 0 radical (unpaired) electrons. The number of aromatic nitrogens is 4. The van der Waals surface area contributed by atoms with Gasteiger partial charge in [0.1, 0.15) is 11.6 Å². The number of hydrogen-bond acceptors (Lipinski definition) is 5. The summed E-state index contributed by atoms with van der Waals surface area (Å²) in [5, 5.41) is 3.54. The van der Waals surface area contributed by atoms with Crippen LogP contribution in [-0.2, 0) is 6.18 Å². The molecule has 0 saturated heterocycles. The van der Waals surface area contributed by atoms with Gasteiger partial charge in [-0.15, -0.1) is 0 Å². The fourth-order valence-corrected chi connectivity index (χ4v) is 2.00. The normalized spacial score (nSPS) is 15.3. The van der Waals surface area contributed by atoms with Crippen LogP contribution in [0.15, 0.2) is 12.3 Å². The lowest BCUT2D eigenvalue weighted by atomic mass is 10.3.